The number of hydrogen-bond donors (Lipinski definition) is 4. The van der Waals surface area contributed by atoms with Crippen molar-refractivity contribution in [3.05, 3.63) is 89.2 Å². The van der Waals surface area contributed by atoms with Crippen LogP contribution in [0, 0.1) is 123 Å². The minimum Gasteiger partial charge on any atom is -0.390 e. The molecule has 3 aromatic heterocycles. The molecule has 0 spiro atoms. The summed E-state index contributed by atoms with van der Waals surface area (Å²) in [5, 5.41) is 42.8. The molecule has 15 rings (SSSR count). The molecule has 3 heterocycles. The van der Waals surface area contributed by atoms with E-state index in [9.17, 15) is 30.0 Å². The van der Waals surface area contributed by atoms with Gasteiger partial charge in [0.05, 0.1) is 22.9 Å². The van der Waals surface area contributed by atoms with Crippen molar-refractivity contribution >= 4 is 36.6 Å². The molecule has 12 aliphatic carbocycles. The Bertz CT molecular complexity index is 2770. The number of ketones is 1. The van der Waals surface area contributed by atoms with Crippen LogP contribution >= 0.6 is 24.5 Å². The van der Waals surface area contributed by atoms with E-state index in [4.69, 9.17) is 0 Å². The van der Waals surface area contributed by atoms with E-state index in [1.54, 1.807) is 31.0 Å². The fourth-order valence-electron chi connectivity index (χ4n) is 24.3. The van der Waals surface area contributed by atoms with Gasteiger partial charge in [-0.3, -0.25) is 19.7 Å². The molecule has 0 radical (unpaired) electrons. The fraction of sp³-hybridized carbons (Fsp3) is 0.787. The molecule has 510 valence electrons. The van der Waals surface area contributed by atoms with E-state index in [2.05, 4.69) is 71.9 Å². The van der Waals surface area contributed by atoms with E-state index in [1.165, 1.54) is 122 Å². The summed E-state index contributed by atoms with van der Waals surface area (Å²) in [6, 6.07) is 11.6. The summed E-state index contributed by atoms with van der Waals surface area (Å²) >= 11 is 3.25. The molecule has 11 heteroatoms. The van der Waals surface area contributed by atoms with Crippen LogP contribution in [-0.4, -0.2) is 77.6 Å². The molecule has 12 aliphatic rings. The van der Waals surface area contributed by atoms with Crippen molar-refractivity contribution in [3.8, 4) is 0 Å². The van der Waals surface area contributed by atoms with Gasteiger partial charge in [-0.1, -0.05) is 49.1 Å². The first-order chi connectivity index (χ1) is 42.0. The zero-order chi connectivity index (χ0) is 62.4. The molecule has 0 bridgehead atoms. The van der Waals surface area contributed by atoms with Gasteiger partial charge in [0.15, 0.2) is 5.78 Å². The molecule has 9 nitrogen and oxygen atoms in total. The van der Waals surface area contributed by atoms with Gasteiger partial charge >= 0.3 is 0 Å². The summed E-state index contributed by atoms with van der Waals surface area (Å²) in [6.45, 7) is 17.8. The molecule has 4 N–H and O–H groups in total. The Morgan fingerprint density at radius 1 is 0.495 bits per heavy atom. The predicted octanol–water partition coefficient (Wildman–Crippen LogP) is 19.3. The highest BCUT2D eigenvalue weighted by Crippen LogP contribution is 2.69. The molecule has 0 aromatic carbocycles. The summed E-state index contributed by atoms with van der Waals surface area (Å²) in [6.07, 6.45) is 44.0. The molecule has 12 saturated carbocycles. The van der Waals surface area contributed by atoms with Gasteiger partial charge in [-0.05, 0) is 370 Å². The van der Waals surface area contributed by atoms with Gasteiger partial charge in [-0.25, -0.2) is 0 Å². The highest BCUT2D eigenvalue weighted by atomic mass is 79.9. The normalized spacial score (nSPS) is 44.5. The number of nitrogens with zero attached hydrogens (tertiary/aromatic N) is 3. The lowest BCUT2D eigenvalue weighted by Gasteiger charge is -2.57. The van der Waals surface area contributed by atoms with Crippen LogP contribution < -0.4 is 0 Å². The van der Waals surface area contributed by atoms with E-state index in [-0.39, 0.29) is 45.1 Å². The quantitative estimate of drug-likeness (QED) is 0.111. The molecule has 0 aliphatic heterocycles. The number of halogens is 1. The lowest BCUT2D eigenvalue weighted by atomic mass is 9.48. The average Bonchev–Trinajstić information content (AvgIpc) is 1.72. The first kappa shape index (κ1) is 74.3. The molecule has 25 atom stereocenters. The SMILES string of the molecule is Brc1cccnc1.C.C.C.CPC.C[C@@]1(O)CC[C@H]2[C@H](CC[C@@H]3[C@@H]2CC[C@]2(C)[C@@H](C(=O)c4cccnc4)CC[C@@H]32)C1.C[C@@]1(O)CC[C@H]2[C@H](CC[C@@H]3[C@@H]2CC[C@]2(C)[C@@H](C(O)c4cccnc4)CC[C@@H]32)C1.C[C@@]1(O)CC[C@H]2[C@H](CC[C@@H]3[C@@H]2CC[C@]2(C)[C@@H](C=O)CC[C@@H]32)C1. The second kappa shape index (κ2) is 30.5. The van der Waals surface area contributed by atoms with Gasteiger partial charge in [0.25, 0.3) is 0 Å². The lowest BCUT2D eigenvalue weighted by Crippen LogP contribution is -2.51. The number of aliphatic hydroxyl groups excluding tert-OH is 1. The van der Waals surface area contributed by atoms with Crippen LogP contribution in [0.5, 0.6) is 0 Å². The van der Waals surface area contributed by atoms with Gasteiger partial charge in [0, 0.05) is 59.1 Å². The van der Waals surface area contributed by atoms with Crippen molar-refractivity contribution in [1.29, 1.82) is 0 Å². The largest absolute Gasteiger partial charge is 0.390 e. The third kappa shape index (κ3) is 15.3. The Morgan fingerprint density at radius 3 is 1.33 bits per heavy atom. The predicted molar refractivity (Wildman–Crippen MR) is 380 cm³/mol. The number of carbonyl (C=O) groups is 2. The summed E-state index contributed by atoms with van der Waals surface area (Å²) in [5.41, 5.74) is 1.26. The monoisotopic (exact) mass is 1340 g/mol. The molecular weight excluding hydrogens is 1210 g/mol. The van der Waals surface area contributed by atoms with Crippen LogP contribution in [0.2, 0.25) is 0 Å². The van der Waals surface area contributed by atoms with Crippen LogP contribution in [0.3, 0.4) is 0 Å². The van der Waals surface area contributed by atoms with E-state index in [1.807, 2.05) is 56.4 Å². The molecule has 91 heavy (non-hydrogen) atoms. The number of hydrogen-bond acceptors (Lipinski definition) is 9. The standard InChI is InChI=1S/C25H37NO2.C25H35NO2.C20H32O2.C5H4BrN.C2H7P.3CH4/c2*1-24(28)11-9-18-16(14-24)5-6-20-19(18)10-12-25(2)21(20)7-8-22(25)23(27)17-4-3-13-26-15-17;1-19(22)9-7-15-13(11-19)3-5-17-16(15)8-10-20(2)14(12-21)4-6-18(17)20;6-5-2-1-3-7-4-5;1-3-2;;;/h3-4,13,15-16,18-23,27-28H,5-12,14H2,1-2H3;3-4,13,15-16,18-22,28H,5-12,14H2,1-2H3;12-18,22H,3-11H2,1-2H3;1-4H;3H,1-2H3;3*1H4/t16-,18+,19-,20-,21+,22-,23?,24-,25+;16-,18+,19-,20-,21+,22-,24-,25+;13-,14-,15+,16-,17-,18+,19-,20-;;;;;/m111...../s1. The summed E-state index contributed by atoms with van der Waals surface area (Å²) in [4.78, 5) is 37.1. The van der Waals surface area contributed by atoms with Crippen molar-refractivity contribution in [3.63, 3.8) is 0 Å². The Balaban J connectivity index is 0.000000162. The van der Waals surface area contributed by atoms with Crippen LogP contribution in [-0.2, 0) is 4.79 Å². The Kier molecular flexibility index (Phi) is 24.9. The number of aldehydes is 1. The second-order valence-electron chi connectivity index (χ2n) is 33.3. The highest BCUT2D eigenvalue weighted by Gasteiger charge is 2.62. The summed E-state index contributed by atoms with van der Waals surface area (Å²) < 4.78 is 1.02. The second-order valence-corrected chi connectivity index (χ2v) is 35.2. The maximum absolute atomic E-state index is 13.3. The van der Waals surface area contributed by atoms with Gasteiger partial charge < -0.3 is 25.2 Å². The van der Waals surface area contributed by atoms with Crippen molar-refractivity contribution < 1.29 is 30.0 Å². The number of pyridine rings is 3. The molecule has 1 unspecified atom stereocenters. The number of aliphatic hydroxyl groups is 4. The highest BCUT2D eigenvalue weighted by molar-refractivity contribution is 9.10. The van der Waals surface area contributed by atoms with E-state index in [0.29, 0.717) is 29.0 Å². The van der Waals surface area contributed by atoms with E-state index in [0.717, 1.165) is 165 Å². The first-order valence-corrected chi connectivity index (χ1v) is 38.6. The van der Waals surface area contributed by atoms with Gasteiger partial charge in [0.2, 0.25) is 0 Å². The summed E-state index contributed by atoms with van der Waals surface area (Å²) in [7, 11) is 1.08. The Labute approximate surface area is 563 Å². The van der Waals surface area contributed by atoms with E-state index < -0.39 is 16.8 Å². The molecular formula is C80H127BrN3O6P. The van der Waals surface area contributed by atoms with Gasteiger partial charge in [-0.2, -0.15) is 0 Å². The minimum absolute atomic E-state index is 0. The number of rotatable bonds is 5. The van der Waals surface area contributed by atoms with Crippen molar-refractivity contribution in [2.45, 2.75) is 260 Å². The van der Waals surface area contributed by atoms with Gasteiger partial charge in [-0.15, -0.1) is 8.58 Å². The fourth-order valence-corrected chi connectivity index (χ4v) is 24.6. The topological polar surface area (TPSA) is 154 Å². The molecule has 12 fully saturated rings. The number of aromatic nitrogens is 3. The van der Waals surface area contributed by atoms with Crippen LogP contribution in [0.1, 0.15) is 259 Å². The molecule has 3 aromatic rings. The van der Waals surface area contributed by atoms with Crippen LogP contribution in [0.25, 0.3) is 0 Å². The molecule has 0 saturated heterocycles. The number of fused-ring (bicyclic) bond motifs is 15. The number of carbonyl (C=O) groups excluding carboxylic acids is 2. The van der Waals surface area contributed by atoms with Crippen molar-refractivity contribution in [1.82, 2.24) is 15.0 Å². The van der Waals surface area contributed by atoms with Crippen molar-refractivity contribution in [2.24, 2.45) is 123 Å². The van der Waals surface area contributed by atoms with Crippen LogP contribution in [0.4, 0.5) is 0 Å². The third-order valence-electron chi connectivity index (χ3n) is 28.3. The van der Waals surface area contributed by atoms with E-state index >= 15 is 0 Å². The minimum atomic E-state index is -0.439. The zero-order valence-electron chi connectivity index (χ0n) is 55.4. The maximum atomic E-state index is 13.3. The zero-order valence-corrected chi connectivity index (χ0v) is 58.0. The average molecular weight is 1340 g/mol. The third-order valence-corrected chi connectivity index (χ3v) is 28.8. The molecule has 0 amide bonds. The first-order valence-electron chi connectivity index (χ1n) is 35.8. The number of Topliss-reactive ketones (excluding diaryl/α,β-unsaturated/α-hetero) is 1. The van der Waals surface area contributed by atoms with Gasteiger partial charge in [0.1, 0.15) is 6.29 Å². The lowest BCUT2D eigenvalue weighted by molar-refractivity contribution is -0.121. The van der Waals surface area contributed by atoms with Crippen LogP contribution in [0.15, 0.2) is 78.1 Å². The Hall–Kier alpha value is -2.46. The Morgan fingerprint density at radius 2 is 0.901 bits per heavy atom. The van der Waals surface area contributed by atoms with Crippen molar-refractivity contribution in [2.75, 3.05) is 13.3 Å². The maximum Gasteiger partial charge on any atom is 0.168 e. The smallest absolute Gasteiger partial charge is 0.168 e. The summed E-state index contributed by atoms with van der Waals surface area (Å²) in [5.74, 6) is 13.3.